The summed E-state index contributed by atoms with van der Waals surface area (Å²) in [5, 5.41) is 3.50. The van der Waals surface area contributed by atoms with Gasteiger partial charge in [0.2, 0.25) is 0 Å². The minimum absolute atomic E-state index is 0.623. The van der Waals surface area contributed by atoms with Gasteiger partial charge in [0.1, 0.15) is 0 Å². The van der Waals surface area contributed by atoms with Crippen LogP contribution in [0.1, 0.15) is 59.3 Å². The molecule has 0 aromatic rings. The summed E-state index contributed by atoms with van der Waals surface area (Å²) in [5.41, 5.74) is 0.623. The first kappa shape index (κ1) is 12.0. The third-order valence-electron chi connectivity index (χ3n) is 3.81. The van der Waals surface area contributed by atoms with E-state index in [1.807, 2.05) is 0 Å². The van der Waals surface area contributed by atoms with Gasteiger partial charge >= 0.3 is 0 Å². The van der Waals surface area contributed by atoms with Crippen LogP contribution in [-0.2, 0) is 0 Å². The molecule has 1 heteroatoms. The van der Waals surface area contributed by atoms with Crippen LogP contribution in [0.15, 0.2) is 0 Å². The van der Waals surface area contributed by atoms with Crippen molar-refractivity contribution in [2.75, 3.05) is 7.05 Å². The van der Waals surface area contributed by atoms with Gasteiger partial charge in [0, 0.05) is 6.04 Å². The Labute approximate surface area is 89.7 Å². The summed E-state index contributed by atoms with van der Waals surface area (Å²) in [4.78, 5) is 0. The first-order chi connectivity index (χ1) is 6.61. The van der Waals surface area contributed by atoms with E-state index in [1.54, 1.807) is 0 Å². The molecule has 1 nitrogen and oxygen atoms in total. The fourth-order valence-corrected chi connectivity index (χ4v) is 2.53. The standard InChI is InChI=1S/C13H27N/c1-5-6-7-8-9-12(14-4)11-10-13(11,2)3/h11-12,14H,5-10H2,1-4H3. The SMILES string of the molecule is CCCCCCC(NC)C1CC1(C)C. The molecule has 0 radical (unpaired) electrons. The van der Waals surface area contributed by atoms with Crippen molar-refractivity contribution in [3.8, 4) is 0 Å². The summed E-state index contributed by atoms with van der Waals surface area (Å²) in [7, 11) is 2.12. The summed E-state index contributed by atoms with van der Waals surface area (Å²) >= 11 is 0. The number of rotatable bonds is 7. The van der Waals surface area contributed by atoms with Crippen molar-refractivity contribution in [3.05, 3.63) is 0 Å². The molecule has 0 amide bonds. The van der Waals surface area contributed by atoms with E-state index in [9.17, 15) is 0 Å². The van der Waals surface area contributed by atoms with Gasteiger partial charge in [-0.05, 0) is 31.2 Å². The molecule has 0 aromatic heterocycles. The fraction of sp³-hybridized carbons (Fsp3) is 1.00. The van der Waals surface area contributed by atoms with Crippen LogP contribution in [0, 0.1) is 11.3 Å². The molecule has 2 unspecified atom stereocenters. The fourth-order valence-electron chi connectivity index (χ4n) is 2.53. The zero-order valence-corrected chi connectivity index (χ0v) is 10.4. The van der Waals surface area contributed by atoms with Crippen LogP contribution in [0.3, 0.4) is 0 Å². The summed E-state index contributed by atoms with van der Waals surface area (Å²) in [5.74, 6) is 0.939. The highest BCUT2D eigenvalue weighted by molar-refractivity contribution is 5.01. The molecule has 84 valence electrons. The van der Waals surface area contributed by atoms with Gasteiger partial charge in [0.05, 0.1) is 0 Å². The second-order valence-corrected chi connectivity index (χ2v) is 5.54. The van der Waals surface area contributed by atoms with E-state index in [1.165, 1.54) is 38.5 Å². The molecule has 0 aromatic carbocycles. The molecule has 1 fully saturated rings. The van der Waals surface area contributed by atoms with Crippen LogP contribution in [0.25, 0.3) is 0 Å². The van der Waals surface area contributed by atoms with Gasteiger partial charge in [0.25, 0.3) is 0 Å². The van der Waals surface area contributed by atoms with Gasteiger partial charge in [0.15, 0.2) is 0 Å². The molecule has 1 rings (SSSR count). The van der Waals surface area contributed by atoms with Crippen LogP contribution >= 0.6 is 0 Å². The average molecular weight is 197 g/mol. The van der Waals surface area contributed by atoms with E-state index in [2.05, 4.69) is 33.1 Å². The van der Waals surface area contributed by atoms with Crippen molar-refractivity contribution in [2.45, 2.75) is 65.3 Å². The lowest BCUT2D eigenvalue weighted by atomic mass is 9.98. The molecule has 1 aliphatic carbocycles. The third kappa shape index (κ3) is 3.27. The second kappa shape index (κ2) is 5.16. The summed E-state index contributed by atoms with van der Waals surface area (Å²) < 4.78 is 0. The van der Waals surface area contributed by atoms with Crippen LogP contribution in [0.5, 0.6) is 0 Å². The first-order valence-corrected chi connectivity index (χ1v) is 6.29. The zero-order chi connectivity index (χ0) is 10.6. The Balaban J connectivity index is 2.14. The normalized spacial score (nSPS) is 26.1. The summed E-state index contributed by atoms with van der Waals surface area (Å²) in [6.07, 6.45) is 8.38. The molecule has 1 aliphatic rings. The second-order valence-electron chi connectivity index (χ2n) is 5.54. The van der Waals surface area contributed by atoms with Crippen LogP contribution in [0.2, 0.25) is 0 Å². The molecule has 1 N–H and O–H groups in total. The van der Waals surface area contributed by atoms with Crippen molar-refractivity contribution >= 4 is 0 Å². The van der Waals surface area contributed by atoms with Crippen molar-refractivity contribution in [3.63, 3.8) is 0 Å². The quantitative estimate of drug-likeness (QED) is 0.615. The average Bonchev–Trinajstić information content (AvgIpc) is 2.75. The van der Waals surface area contributed by atoms with E-state index < -0.39 is 0 Å². The molecule has 0 heterocycles. The lowest BCUT2D eigenvalue weighted by Gasteiger charge is -2.17. The van der Waals surface area contributed by atoms with Gasteiger partial charge < -0.3 is 5.32 Å². The molecule has 0 bridgehead atoms. The number of unbranched alkanes of at least 4 members (excludes halogenated alkanes) is 3. The summed E-state index contributed by atoms with van der Waals surface area (Å²) in [6.45, 7) is 7.07. The Bertz CT molecular complexity index is 163. The van der Waals surface area contributed by atoms with E-state index >= 15 is 0 Å². The molecule has 1 saturated carbocycles. The molecule has 2 atom stereocenters. The maximum atomic E-state index is 3.50. The van der Waals surface area contributed by atoms with Crippen molar-refractivity contribution in [1.29, 1.82) is 0 Å². The monoisotopic (exact) mass is 197 g/mol. The van der Waals surface area contributed by atoms with Crippen LogP contribution in [-0.4, -0.2) is 13.1 Å². The highest BCUT2D eigenvalue weighted by Crippen LogP contribution is 2.54. The number of nitrogens with one attached hydrogen (secondary N) is 1. The Kier molecular flexibility index (Phi) is 4.43. The lowest BCUT2D eigenvalue weighted by Crippen LogP contribution is -2.29. The molecule has 0 aliphatic heterocycles. The van der Waals surface area contributed by atoms with Gasteiger partial charge in [-0.2, -0.15) is 0 Å². The van der Waals surface area contributed by atoms with Gasteiger partial charge in [-0.15, -0.1) is 0 Å². The van der Waals surface area contributed by atoms with Gasteiger partial charge in [-0.25, -0.2) is 0 Å². The minimum Gasteiger partial charge on any atom is -0.317 e. The Morgan fingerprint density at radius 3 is 2.36 bits per heavy atom. The highest BCUT2D eigenvalue weighted by atomic mass is 14.9. The topological polar surface area (TPSA) is 12.0 Å². The Morgan fingerprint density at radius 1 is 1.29 bits per heavy atom. The van der Waals surface area contributed by atoms with Crippen molar-refractivity contribution in [1.82, 2.24) is 5.32 Å². The van der Waals surface area contributed by atoms with Crippen molar-refractivity contribution in [2.24, 2.45) is 11.3 Å². The zero-order valence-electron chi connectivity index (χ0n) is 10.4. The predicted molar refractivity (Wildman–Crippen MR) is 63.5 cm³/mol. The van der Waals surface area contributed by atoms with Gasteiger partial charge in [-0.3, -0.25) is 0 Å². The molecular formula is C13H27N. The Morgan fingerprint density at radius 2 is 1.93 bits per heavy atom. The van der Waals surface area contributed by atoms with E-state index in [0.717, 1.165) is 12.0 Å². The maximum Gasteiger partial charge on any atom is 0.00976 e. The molecule has 14 heavy (non-hydrogen) atoms. The van der Waals surface area contributed by atoms with Crippen LogP contribution in [0.4, 0.5) is 0 Å². The van der Waals surface area contributed by atoms with Gasteiger partial charge in [-0.1, -0.05) is 46.5 Å². The van der Waals surface area contributed by atoms with Crippen molar-refractivity contribution < 1.29 is 0 Å². The van der Waals surface area contributed by atoms with E-state index in [4.69, 9.17) is 0 Å². The largest absolute Gasteiger partial charge is 0.317 e. The smallest absolute Gasteiger partial charge is 0.00976 e. The molecule has 0 spiro atoms. The van der Waals surface area contributed by atoms with E-state index in [-0.39, 0.29) is 0 Å². The van der Waals surface area contributed by atoms with Crippen LogP contribution < -0.4 is 5.32 Å². The Hall–Kier alpha value is -0.0400. The maximum absolute atomic E-state index is 3.50. The molecule has 0 saturated heterocycles. The first-order valence-electron chi connectivity index (χ1n) is 6.29. The third-order valence-corrected chi connectivity index (χ3v) is 3.81. The number of hydrogen-bond acceptors (Lipinski definition) is 1. The highest BCUT2D eigenvalue weighted by Gasteiger charge is 2.49. The summed E-state index contributed by atoms with van der Waals surface area (Å²) in [6, 6.07) is 0.779. The minimum atomic E-state index is 0.623. The molecular weight excluding hydrogens is 170 g/mol. The number of hydrogen-bond donors (Lipinski definition) is 1. The predicted octanol–water partition coefficient (Wildman–Crippen LogP) is 3.59. The lowest BCUT2D eigenvalue weighted by molar-refractivity contribution is 0.393. The van der Waals surface area contributed by atoms with E-state index in [0.29, 0.717) is 5.41 Å².